The van der Waals surface area contributed by atoms with E-state index >= 15 is 0 Å². The topological polar surface area (TPSA) is 15.3 Å². The molecule has 0 aliphatic heterocycles. The van der Waals surface area contributed by atoms with Crippen LogP contribution in [0.15, 0.2) is 60.7 Å². The molecule has 0 aliphatic rings. The van der Waals surface area contributed by atoms with Crippen molar-refractivity contribution in [2.75, 3.05) is 13.1 Å². The van der Waals surface area contributed by atoms with Crippen LogP contribution < -0.4 is 5.32 Å². The molecule has 1 unspecified atom stereocenters. The molecule has 0 fully saturated rings. The number of benzene rings is 2. The first-order valence-electron chi connectivity index (χ1n) is 8.40. The molecule has 118 valence electrons. The van der Waals surface area contributed by atoms with Gasteiger partial charge in [0.15, 0.2) is 0 Å². The van der Waals surface area contributed by atoms with E-state index in [2.05, 4.69) is 91.7 Å². The zero-order chi connectivity index (χ0) is 15.8. The molecule has 1 N–H and O–H groups in total. The third-order valence-corrected chi connectivity index (χ3v) is 4.26. The van der Waals surface area contributed by atoms with Gasteiger partial charge in [0.05, 0.1) is 12.2 Å². The quantitative estimate of drug-likeness (QED) is 0.724. The predicted octanol–water partition coefficient (Wildman–Crippen LogP) is 4.44. The molecule has 2 aromatic carbocycles. The molecule has 2 heteroatoms. The van der Waals surface area contributed by atoms with Gasteiger partial charge in [-0.2, -0.15) is 0 Å². The van der Waals surface area contributed by atoms with Crippen LogP contribution in [0.2, 0.25) is 0 Å². The molecule has 0 bridgehead atoms. The normalized spacial score (nSPS) is 12.8. The molecule has 0 saturated carbocycles. The van der Waals surface area contributed by atoms with Gasteiger partial charge < -0.3 is 0 Å². The van der Waals surface area contributed by atoms with Crippen LogP contribution >= 0.6 is 0 Å². The molecular formula is C20H28N2. The fourth-order valence-corrected chi connectivity index (χ4v) is 3.01. The second-order valence-corrected chi connectivity index (χ2v) is 5.57. The lowest BCUT2D eigenvalue weighted by molar-refractivity contribution is 0.167. The van der Waals surface area contributed by atoms with Crippen molar-refractivity contribution in [2.45, 2.75) is 39.4 Å². The third kappa shape index (κ3) is 4.19. The molecule has 0 aromatic heterocycles. The lowest BCUT2D eigenvalue weighted by atomic mass is 9.98. The van der Waals surface area contributed by atoms with Crippen LogP contribution in [0, 0.1) is 0 Å². The molecule has 2 rings (SSSR count). The Morgan fingerprint density at radius 2 is 1.23 bits per heavy atom. The summed E-state index contributed by atoms with van der Waals surface area (Å²) in [6.45, 7) is 8.85. The summed E-state index contributed by atoms with van der Waals surface area (Å²) in [5, 5.41) is 3.86. The van der Waals surface area contributed by atoms with E-state index in [9.17, 15) is 0 Å². The Hall–Kier alpha value is -1.64. The van der Waals surface area contributed by atoms with Gasteiger partial charge >= 0.3 is 0 Å². The van der Waals surface area contributed by atoms with Gasteiger partial charge in [0.25, 0.3) is 0 Å². The molecule has 0 saturated heterocycles. The Balaban J connectivity index is 2.29. The summed E-state index contributed by atoms with van der Waals surface area (Å²) in [5.41, 5.74) is 2.64. The molecule has 0 radical (unpaired) electrons. The maximum atomic E-state index is 3.86. The van der Waals surface area contributed by atoms with E-state index < -0.39 is 0 Å². The first-order chi connectivity index (χ1) is 10.8. The average Bonchev–Trinajstić information content (AvgIpc) is 2.60. The van der Waals surface area contributed by atoms with E-state index in [1.165, 1.54) is 11.1 Å². The Bertz CT molecular complexity index is 480. The monoisotopic (exact) mass is 296 g/mol. The number of nitrogens with zero attached hydrogens (tertiary/aromatic N) is 1. The fraction of sp³-hybridized carbons (Fsp3) is 0.400. The zero-order valence-electron chi connectivity index (χ0n) is 14.0. The highest BCUT2D eigenvalue weighted by molar-refractivity contribution is 5.31. The molecule has 2 nitrogen and oxygen atoms in total. The summed E-state index contributed by atoms with van der Waals surface area (Å²) in [6, 6.07) is 21.7. The Morgan fingerprint density at radius 3 is 1.59 bits per heavy atom. The third-order valence-electron chi connectivity index (χ3n) is 4.26. The summed E-state index contributed by atoms with van der Waals surface area (Å²) in [5.74, 6) is 0. The van der Waals surface area contributed by atoms with Crippen LogP contribution in [0.3, 0.4) is 0 Å². The number of nitrogens with one attached hydrogen (secondary N) is 1. The summed E-state index contributed by atoms with van der Waals surface area (Å²) in [4.78, 5) is 2.48. The number of rotatable bonds is 8. The van der Waals surface area contributed by atoms with Crippen molar-refractivity contribution in [2.24, 2.45) is 0 Å². The van der Waals surface area contributed by atoms with Crippen LogP contribution in [0.4, 0.5) is 0 Å². The highest BCUT2D eigenvalue weighted by Gasteiger charge is 2.20. The minimum Gasteiger partial charge on any atom is -0.291 e. The molecule has 1 atom stereocenters. The Morgan fingerprint density at radius 1 is 0.773 bits per heavy atom. The van der Waals surface area contributed by atoms with Crippen LogP contribution in [-0.4, -0.2) is 24.2 Å². The SMILES string of the molecule is CCC(NC(c1ccccc1)c1ccccc1)N(CC)CC. The summed E-state index contributed by atoms with van der Waals surface area (Å²) in [7, 11) is 0. The standard InChI is InChI=1S/C20H28N2/c1-4-19(22(5-2)6-3)21-20(17-13-9-7-10-14-17)18-15-11-8-12-16-18/h7-16,19-21H,4-6H2,1-3H3. The van der Waals surface area contributed by atoms with Crippen molar-refractivity contribution < 1.29 is 0 Å². The zero-order valence-corrected chi connectivity index (χ0v) is 14.0. The van der Waals surface area contributed by atoms with Crippen molar-refractivity contribution in [1.82, 2.24) is 10.2 Å². The highest BCUT2D eigenvalue weighted by Crippen LogP contribution is 2.23. The van der Waals surface area contributed by atoms with Gasteiger partial charge in [0.2, 0.25) is 0 Å². The Kier molecular flexibility index (Phi) is 6.63. The van der Waals surface area contributed by atoms with E-state index in [1.54, 1.807) is 0 Å². The minimum absolute atomic E-state index is 0.230. The maximum absolute atomic E-state index is 3.86. The first kappa shape index (κ1) is 16.7. The smallest absolute Gasteiger partial charge is 0.0601 e. The van der Waals surface area contributed by atoms with Gasteiger partial charge in [-0.05, 0) is 30.6 Å². The Labute approximate surface area is 135 Å². The van der Waals surface area contributed by atoms with Gasteiger partial charge in [-0.15, -0.1) is 0 Å². The molecule has 0 aliphatic carbocycles. The van der Waals surface area contributed by atoms with Crippen molar-refractivity contribution in [1.29, 1.82) is 0 Å². The van der Waals surface area contributed by atoms with E-state index in [0.717, 1.165) is 19.5 Å². The maximum Gasteiger partial charge on any atom is 0.0601 e. The van der Waals surface area contributed by atoms with Gasteiger partial charge in [-0.3, -0.25) is 10.2 Å². The predicted molar refractivity (Wildman–Crippen MR) is 94.9 cm³/mol. The highest BCUT2D eigenvalue weighted by atomic mass is 15.3. The van der Waals surface area contributed by atoms with Crippen LogP contribution in [-0.2, 0) is 0 Å². The molecule has 0 spiro atoms. The molecule has 0 heterocycles. The van der Waals surface area contributed by atoms with Gasteiger partial charge in [0.1, 0.15) is 0 Å². The molecular weight excluding hydrogens is 268 g/mol. The fourth-order valence-electron chi connectivity index (χ4n) is 3.01. The number of hydrogen-bond acceptors (Lipinski definition) is 2. The van der Waals surface area contributed by atoms with Crippen molar-refractivity contribution in [3.63, 3.8) is 0 Å². The average molecular weight is 296 g/mol. The van der Waals surface area contributed by atoms with Crippen molar-refractivity contribution >= 4 is 0 Å². The largest absolute Gasteiger partial charge is 0.291 e. The molecule has 2 aromatic rings. The lowest BCUT2D eigenvalue weighted by Crippen LogP contribution is -2.46. The second-order valence-electron chi connectivity index (χ2n) is 5.57. The van der Waals surface area contributed by atoms with Gasteiger partial charge in [0, 0.05) is 0 Å². The summed E-state index contributed by atoms with van der Waals surface area (Å²) in [6.07, 6.45) is 1.48. The van der Waals surface area contributed by atoms with Crippen LogP contribution in [0.25, 0.3) is 0 Å². The molecule has 0 amide bonds. The second kappa shape index (κ2) is 8.72. The van der Waals surface area contributed by atoms with E-state index in [-0.39, 0.29) is 6.04 Å². The first-order valence-corrected chi connectivity index (χ1v) is 8.40. The number of hydrogen-bond donors (Lipinski definition) is 1. The van der Waals surface area contributed by atoms with Gasteiger partial charge in [-0.25, -0.2) is 0 Å². The van der Waals surface area contributed by atoms with Crippen molar-refractivity contribution in [3.8, 4) is 0 Å². The van der Waals surface area contributed by atoms with E-state index in [0.29, 0.717) is 6.17 Å². The summed E-state index contributed by atoms with van der Waals surface area (Å²) < 4.78 is 0. The van der Waals surface area contributed by atoms with E-state index in [1.807, 2.05) is 0 Å². The van der Waals surface area contributed by atoms with Crippen LogP contribution in [0.5, 0.6) is 0 Å². The van der Waals surface area contributed by atoms with E-state index in [4.69, 9.17) is 0 Å². The van der Waals surface area contributed by atoms with Gasteiger partial charge in [-0.1, -0.05) is 81.4 Å². The molecule has 22 heavy (non-hydrogen) atoms. The van der Waals surface area contributed by atoms with Crippen molar-refractivity contribution in [3.05, 3.63) is 71.8 Å². The van der Waals surface area contributed by atoms with Crippen LogP contribution in [0.1, 0.15) is 44.4 Å². The minimum atomic E-state index is 0.230. The lowest BCUT2D eigenvalue weighted by Gasteiger charge is -2.33. The summed E-state index contributed by atoms with van der Waals surface area (Å²) >= 11 is 0.